The second-order valence-electron chi connectivity index (χ2n) is 5.33. The summed E-state index contributed by atoms with van der Waals surface area (Å²) < 4.78 is 2.22. The molecule has 0 amide bonds. The van der Waals surface area contributed by atoms with Crippen LogP contribution in [0.2, 0.25) is 0 Å². The van der Waals surface area contributed by atoms with Gasteiger partial charge < -0.3 is 5.32 Å². The summed E-state index contributed by atoms with van der Waals surface area (Å²) in [6, 6.07) is 0.639. The van der Waals surface area contributed by atoms with E-state index >= 15 is 0 Å². The Bertz CT molecular complexity index is 397. The molecule has 114 valence electrons. The molecule has 3 nitrogen and oxygen atoms in total. The summed E-state index contributed by atoms with van der Waals surface area (Å²) in [6.07, 6.45) is 8.77. The van der Waals surface area contributed by atoms with Crippen molar-refractivity contribution in [2.24, 2.45) is 5.92 Å². The normalized spacial score (nSPS) is 26.9. The molecule has 3 unspecified atom stereocenters. The van der Waals surface area contributed by atoms with Crippen molar-refractivity contribution in [2.45, 2.75) is 65.9 Å². The minimum Gasteiger partial charge on any atom is -0.313 e. The zero-order valence-electron chi connectivity index (χ0n) is 12.6. The third-order valence-corrected chi connectivity index (χ3v) is 7.22. The van der Waals surface area contributed by atoms with E-state index in [1.54, 1.807) is 23.1 Å². The van der Waals surface area contributed by atoms with Crippen LogP contribution in [0.3, 0.4) is 0 Å². The Hall–Kier alpha value is 0.220. The van der Waals surface area contributed by atoms with Crippen LogP contribution in [0.15, 0.2) is 8.68 Å². The fourth-order valence-electron chi connectivity index (χ4n) is 2.96. The number of aromatic nitrogens is 2. The van der Waals surface area contributed by atoms with E-state index < -0.39 is 0 Å². The molecule has 0 saturated heterocycles. The second kappa shape index (κ2) is 8.61. The van der Waals surface area contributed by atoms with E-state index in [1.807, 2.05) is 11.8 Å². The predicted molar refractivity (Wildman–Crippen MR) is 91.0 cm³/mol. The van der Waals surface area contributed by atoms with Crippen molar-refractivity contribution in [1.82, 2.24) is 15.5 Å². The Morgan fingerprint density at radius 3 is 2.70 bits per heavy atom. The number of thioether (sulfide) groups is 2. The van der Waals surface area contributed by atoms with Gasteiger partial charge in [-0.3, -0.25) is 0 Å². The third-order valence-electron chi connectivity index (χ3n) is 3.88. The summed E-state index contributed by atoms with van der Waals surface area (Å²) in [5, 5.41) is 12.9. The van der Waals surface area contributed by atoms with Gasteiger partial charge in [0.2, 0.25) is 0 Å². The summed E-state index contributed by atoms with van der Waals surface area (Å²) in [5.74, 6) is 0.903. The highest BCUT2D eigenvalue weighted by molar-refractivity contribution is 8.03. The van der Waals surface area contributed by atoms with Crippen molar-refractivity contribution in [3.8, 4) is 0 Å². The molecule has 1 heterocycles. The molecule has 1 aromatic heterocycles. The van der Waals surface area contributed by atoms with Crippen LogP contribution in [0.5, 0.6) is 0 Å². The third kappa shape index (κ3) is 4.61. The van der Waals surface area contributed by atoms with Gasteiger partial charge in [0.15, 0.2) is 8.68 Å². The molecule has 3 atom stereocenters. The number of nitrogens with one attached hydrogen (secondary N) is 1. The SMILES string of the molecule is CCCC1CCC(NCC)C(Sc2nnc(SC)s2)C1. The van der Waals surface area contributed by atoms with Gasteiger partial charge in [-0.15, -0.1) is 10.2 Å². The first kappa shape index (κ1) is 16.6. The number of hydrogen-bond acceptors (Lipinski definition) is 6. The average molecular weight is 332 g/mol. The zero-order valence-corrected chi connectivity index (χ0v) is 15.0. The molecule has 6 heteroatoms. The van der Waals surface area contributed by atoms with Crippen LogP contribution >= 0.6 is 34.9 Å². The fraction of sp³-hybridized carbons (Fsp3) is 0.857. The molecule has 0 bridgehead atoms. The Kier molecular flexibility index (Phi) is 7.14. The van der Waals surface area contributed by atoms with Crippen LogP contribution in [0.25, 0.3) is 0 Å². The van der Waals surface area contributed by atoms with Gasteiger partial charge >= 0.3 is 0 Å². The highest BCUT2D eigenvalue weighted by atomic mass is 32.2. The van der Waals surface area contributed by atoms with Crippen molar-refractivity contribution < 1.29 is 0 Å². The molecular formula is C14H25N3S3. The maximum Gasteiger partial charge on any atom is 0.175 e. The molecule has 1 N–H and O–H groups in total. The lowest BCUT2D eigenvalue weighted by atomic mass is 9.83. The van der Waals surface area contributed by atoms with Crippen LogP contribution < -0.4 is 5.32 Å². The standard InChI is InChI=1S/C14H25N3S3/c1-4-6-10-7-8-11(15-5-2)12(9-10)19-14-17-16-13(18-3)20-14/h10-12,15H,4-9H2,1-3H3. The van der Waals surface area contributed by atoms with Gasteiger partial charge in [-0.05, 0) is 38.0 Å². The van der Waals surface area contributed by atoms with E-state index in [0.717, 1.165) is 21.1 Å². The van der Waals surface area contributed by atoms with Gasteiger partial charge in [0, 0.05) is 11.3 Å². The van der Waals surface area contributed by atoms with Crippen molar-refractivity contribution in [3.63, 3.8) is 0 Å². The summed E-state index contributed by atoms with van der Waals surface area (Å²) >= 11 is 5.37. The van der Waals surface area contributed by atoms with Gasteiger partial charge in [0.25, 0.3) is 0 Å². The smallest absolute Gasteiger partial charge is 0.175 e. The van der Waals surface area contributed by atoms with Crippen molar-refractivity contribution >= 4 is 34.9 Å². The largest absolute Gasteiger partial charge is 0.313 e. The van der Waals surface area contributed by atoms with Crippen molar-refractivity contribution in [2.75, 3.05) is 12.8 Å². The van der Waals surface area contributed by atoms with E-state index in [4.69, 9.17) is 0 Å². The summed E-state index contributed by atoms with van der Waals surface area (Å²) in [5.41, 5.74) is 0. The quantitative estimate of drug-likeness (QED) is 0.754. The predicted octanol–water partition coefficient (Wildman–Crippen LogP) is 4.30. The first-order chi connectivity index (χ1) is 9.76. The lowest BCUT2D eigenvalue weighted by Crippen LogP contribution is -2.42. The lowest BCUT2D eigenvalue weighted by Gasteiger charge is -2.35. The molecule has 1 fully saturated rings. The maximum atomic E-state index is 4.33. The molecule has 0 radical (unpaired) electrons. The molecular weight excluding hydrogens is 306 g/mol. The van der Waals surface area contributed by atoms with Gasteiger partial charge in [-0.1, -0.05) is 61.5 Å². The molecule has 1 aliphatic carbocycles. The number of rotatable bonds is 7. The minimum absolute atomic E-state index is 0.639. The van der Waals surface area contributed by atoms with Gasteiger partial charge in [-0.2, -0.15) is 0 Å². The fourth-order valence-corrected chi connectivity index (χ4v) is 6.04. The van der Waals surface area contributed by atoms with Crippen LogP contribution in [-0.2, 0) is 0 Å². The summed E-state index contributed by atoms with van der Waals surface area (Å²) in [4.78, 5) is 0. The Morgan fingerprint density at radius 2 is 2.05 bits per heavy atom. The monoisotopic (exact) mass is 331 g/mol. The highest BCUT2D eigenvalue weighted by Crippen LogP contribution is 2.39. The Morgan fingerprint density at radius 1 is 1.25 bits per heavy atom. The van der Waals surface area contributed by atoms with E-state index in [1.165, 1.54) is 32.1 Å². The molecule has 0 aromatic carbocycles. The topological polar surface area (TPSA) is 37.8 Å². The Labute approximate surface area is 135 Å². The molecule has 1 aliphatic rings. The Balaban J connectivity index is 1.98. The van der Waals surface area contributed by atoms with Crippen LogP contribution in [0, 0.1) is 5.92 Å². The second-order valence-corrected chi connectivity index (χ2v) is 8.84. The van der Waals surface area contributed by atoms with Crippen molar-refractivity contribution in [3.05, 3.63) is 0 Å². The average Bonchev–Trinajstić information content (AvgIpc) is 2.90. The first-order valence-electron chi connectivity index (χ1n) is 7.54. The minimum atomic E-state index is 0.639. The molecule has 2 rings (SSSR count). The van der Waals surface area contributed by atoms with E-state index in [2.05, 4.69) is 35.6 Å². The van der Waals surface area contributed by atoms with E-state index in [-0.39, 0.29) is 0 Å². The van der Waals surface area contributed by atoms with Crippen molar-refractivity contribution in [1.29, 1.82) is 0 Å². The lowest BCUT2D eigenvalue weighted by molar-refractivity contribution is 0.289. The zero-order chi connectivity index (χ0) is 14.4. The van der Waals surface area contributed by atoms with Gasteiger partial charge in [0.05, 0.1) is 0 Å². The molecule has 20 heavy (non-hydrogen) atoms. The van der Waals surface area contributed by atoms with Crippen LogP contribution in [-0.4, -0.2) is 34.3 Å². The highest BCUT2D eigenvalue weighted by Gasteiger charge is 2.31. The maximum absolute atomic E-state index is 4.33. The van der Waals surface area contributed by atoms with Crippen LogP contribution in [0.4, 0.5) is 0 Å². The summed E-state index contributed by atoms with van der Waals surface area (Å²) in [7, 11) is 0. The van der Waals surface area contributed by atoms with E-state index in [9.17, 15) is 0 Å². The molecule has 0 spiro atoms. The summed E-state index contributed by atoms with van der Waals surface area (Å²) in [6.45, 7) is 5.57. The molecule has 0 aliphatic heterocycles. The molecule has 1 saturated carbocycles. The van der Waals surface area contributed by atoms with Crippen LogP contribution in [0.1, 0.15) is 46.0 Å². The van der Waals surface area contributed by atoms with E-state index in [0.29, 0.717) is 11.3 Å². The number of hydrogen-bond donors (Lipinski definition) is 1. The van der Waals surface area contributed by atoms with Gasteiger partial charge in [0.1, 0.15) is 0 Å². The number of nitrogens with zero attached hydrogens (tertiary/aromatic N) is 2. The molecule has 1 aromatic rings. The van der Waals surface area contributed by atoms with Gasteiger partial charge in [-0.25, -0.2) is 0 Å². The first-order valence-corrected chi connectivity index (χ1v) is 10.5.